The Morgan fingerprint density at radius 3 is 2.90 bits per heavy atom. The largest absolute Gasteiger partial charge is 0.359 e. The van der Waals surface area contributed by atoms with Crippen LogP contribution in [0, 0.1) is 5.82 Å². The van der Waals surface area contributed by atoms with Gasteiger partial charge in [-0.1, -0.05) is 17.7 Å². The molecule has 0 radical (unpaired) electrons. The molecule has 0 aliphatic carbocycles. The molecule has 7 heteroatoms. The first-order valence-corrected chi connectivity index (χ1v) is 6.35. The van der Waals surface area contributed by atoms with Crippen LogP contribution in [0.1, 0.15) is 5.56 Å². The SMILES string of the molecule is Fc1cccc(Cl)c1CNc1n[nH]c(-c2ccc[nH]2)n1. The van der Waals surface area contributed by atoms with Crippen LogP contribution in [0.2, 0.25) is 5.02 Å². The van der Waals surface area contributed by atoms with Gasteiger partial charge in [0.15, 0.2) is 5.82 Å². The van der Waals surface area contributed by atoms with Crippen LogP contribution < -0.4 is 5.32 Å². The summed E-state index contributed by atoms with van der Waals surface area (Å²) >= 11 is 5.95. The molecule has 0 aliphatic heterocycles. The van der Waals surface area contributed by atoms with Crippen molar-refractivity contribution in [3.8, 4) is 11.5 Å². The van der Waals surface area contributed by atoms with Crippen molar-refractivity contribution < 1.29 is 4.39 Å². The van der Waals surface area contributed by atoms with Crippen molar-refractivity contribution in [2.24, 2.45) is 0 Å². The highest BCUT2D eigenvalue weighted by molar-refractivity contribution is 6.31. The molecule has 3 aromatic rings. The highest BCUT2D eigenvalue weighted by Gasteiger charge is 2.09. The zero-order chi connectivity index (χ0) is 13.9. The quantitative estimate of drug-likeness (QED) is 0.691. The van der Waals surface area contributed by atoms with Crippen LogP contribution in [0.15, 0.2) is 36.5 Å². The van der Waals surface area contributed by atoms with E-state index in [4.69, 9.17) is 11.6 Å². The molecule has 0 unspecified atom stereocenters. The summed E-state index contributed by atoms with van der Waals surface area (Å²) in [7, 11) is 0. The van der Waals surface area contributed by atoms with E-state index in [0.717, 1.165) is 5.69 Å². The maximum atomic E-state index is 13.6. The van der Waals surface area contributed by atoms with Crippen LogP contribution in [0.4, 0.5) is 10.3 Å². The third kappa shape index (κ3) is 2.50. The second kappa shape index (κ2) is 5.34. The van der Waals surface area contributed by atoms with E-state index in [1.165, 1.54) is 6.07 Å². The number of rotatable bonds is 4. The number of nitrogens with zero attached hydrogens (tertiary/aromatic N) is 2. The number of aromatic nitrogens is 4. The zero-order valence-corrected chi connectivity index (χ0v) is 11.1. The average molecular weight is 292 g/mol. The fourth-order valence-corrected chi connectivity index (χ4v) is 2.04. The van der Waals surface area contributed by atoms with Gasteiger partial charge in [-0.3, -0.25) is 5.10 Å². The predicted molar refractivity (Wildman–Crippen MR) is 74.9 cm³/mol. The van der Waals surface area contributed by atoms with Crippen LogP contribution in [0.3, 0.4) is 0 Å². The van der Waals surface area contributed by atoms with Gasteiger partial charge in [-0.05, 0) is 24.3 Å². The Hall–Kier alpha value is -2.34. The lowest BCUT2D eigenvalue weighted by Gasteiger charge is -2.05. The lowest BCUT2D eigenvalue weighted by molar-refractivity contribution is 0.613. The summed E-state index contributed by atoms with van der Waals surface area (Å²) in [5.74, 6) is 0.635. The van der Waals surface area contributed by atoms with Gasteiger partial charge in [-0.15, -0.1) is 5.10 Å². The number of anilines is 1. The summed E-state index contributed by atoms with van der Waals surface area (Å²) in [6, 6.07) is 8.31. The monoisotopic (exact) mass is 291 g/mol. The van der Waals surface area contributed by atoms with Crippen LogP contribution >= 0.6 is 11.6 Å². The molecule has 0 spiro atoms. The molecule has 0 saturated carbocycles. The van der Waals surface area contributed by atoms with Crippen molar-refractivity contribution in [2.45, 2.75) is 6.54 Å². The number of H-pyrrole nitrogens is 2. The van der Waals surface area contributed by atoms with Gasteiger partial charge in [0.1, 0.15) is 5.82 Å². The summed E-state index contributed by atoms with van der Waals surface area (Å²) in [5, 5.41) is 10.1. The van der Waals surface area contributed by atoms with E-state index in [1.54, 1.807) is 18.3 Å². The Bertz CT molecular complexity index is 687. The van der Waals surface area contributed by atoms with Crippen LogP contribution in [0.5, 0.6) is 0 Å². The topological polar surface area (TPSA) is 69.4 Å². The molecule has 0 fully saturated rings. The molecule has 2 aromatic heterocycles. The van der Waals surface area contributed by atoms with Gasteiger partial charge in [-0.2, -0.15) is 4.98 Å². The summed E-state index contributed by atoms with van der Waals surface area (Å²) in [5.41, 5.74) is 1.22. The van der Waals surface area contributed by atoms with E-state index in [0.29, 0.717) is 22.4 Å². The van der Waals surface area contributed by atoms with E-state index in [9.17, 15) is 4.39 Å². The minimum absolute atomic E-state index is 0.216. The van der Waals surface area contributed by atoms with Gasteiger partial charge in [-0.25, -0.2) is 4.39 Å². The van der Waals surface area contributed by atoms with Gasteiger partial charge >= 0.3 is 0 Å². The molecule has 20 heavy (non-hydrogen) atoms. The maximum absolute atomic E-state index is 13.6. The average Bonchev–Trinajstić information content (AvgIpc) is 3.09. The van der Waals surface area contributed by atoms with Crippen LogP contribution in [0.25, 0.3) is 11.5 Å². The van der Waals surface area contributed by atoms with E-state index < -0.39 is 0 Å². The second-order valence-corrected chi connectivity index (χ2v) is 4.55. The van der Waals surface area contributed by atoms with Gasteiger partial charge in [0.2, 0.25) is 5.95 Å². The Labute approximate surface area is 119 Å². The molecule has 2 heterocycles. The fourth-order valence-electron chi connectivity index (χ4n) is 1.81. The fraction of sp³-hybridized carbons (Fsp3) is 0.0769. The Morgan fingerprint density at radius 1 is 1.25 bits per heavy atom. The van der Waals surface area contributed by atoms with Gasteiger partial charge in [0, 0.05) is 23.3 Å². The number of aromatic amines is 2. The van der Waals surface area contributed by atoms with Crippen LogP contribution in [-0.2, 0) is 6.54 Å². The van der Waals surface area contributed by atoms with Crippen molar-refractivity contribution in [3.63, 3.8) is 0 Å². The summed E-state index contributed by atoms with van der Waals surface area (Å²) < 4.78 is 13.6. The summed E-state index contributed by atoms with van der Waals surface area (Å²) in [4.78, 5) is 7.27. The third-order valence-electron chi connectivity index (χ3n) is 2.82. The molecule has 0 aliphatic rings. The van der Waals surface area contributed by atoms with Gasteiger partial charge in [0.25, 0.3) is 0 Å². The normalized spacial score (nSPS) is 10.7. The molecular weight excluding hydrogens is 281 g/mol. The number of benzene rings is 1. The molecule has 0 atom stereocenters. The number of hydrogen-bond donors (Lipinski definition) is 3. The summed E-state index contributed by atoms with van der Waals surface area (Å²) in [6.07, 6.45) is 1.80. The lowest BCUT2D eigenvalue weighted by Crippen LogP contribution is -2.03. The maximum Gasteiger partial charge on any atom is 0.242 e. The second-order valence-electron chi connectivity index (χ2n) is 4.15. The zero-order valence-electron chi connectivity index (χ0n) is 10.3. The minimum Gasteiger partial charge on any atom is -0.359 e. The standard InChI is InChI=1S/C13H11ClFN5/c14-9-3-1-4-10(15)8(9)7-17-13-18-12(19-20-13)11-5-2-6-16-11/h1-6,16H,7H2,(H2,17,18,19,20). The molecule has 0 saturated heterocycles. The predicted octanol–water partition coefficient (Wildman–Crippen LogP) is 3.20. The van der Waals surface area contributed by atoms with Crippen molar-refractivity contribution >= 4 is 17.5 Å². The molecule has 3 N–H and O–H groups in total. The van der Waals surface area contributed by atoms with Crippen LogP contribution in [-0.4, -0.2) is 20.2 Å². The first kappa shape index (κ1) is 12.7. The first-order chi connectivity index (χ1) is 9.74. The molecule has 0 amide bonds. The smallest absolute Gasteiger partial charge is 0.242 e. The van der Waals surface area contributed by atoms with Crippen molar-refractivity contribution in [1.29, 1.82) is 0 Å². The highest BCUT2D eigenvalue weighted by atomic mass is 35.5. The molecular formula is C13H11ClFN5. The van der Waals surface area contributed by atoms with Crippen molar-refractivity contribution in [1.82, 2.24) is 20.2 Å². The first-order valence-electron chi connectivity index (χ1n) is 5.97. The Morgan fingerprint density at radius 2 is 2.15 bits per heavy atom. The van der Waals surface area contributed by atoms with Crippen molar-refractivity contribution in [2.75, 3.05) is 5.32 Å². The van der Waals surface area contributed by atoms with E-state index in [1.807, 2.05) is 12.1 Å². The number of nitrogens with one attached hydrogen (secondary N) is 3. The van der Waals surface area contributed by atoms with E-state index in [-0.39, 0.29) is 12.4 Å². The number of hydrogen-bond acceptors (Lipinski definition) is 3. The molecule has 5 nitrogen and oxygen atoms in total. The Kier molecular flexibility index (Phi) is 3.39. The van der Waals surface area contributed by atoms with Gasteiger partial charge < -0.3 is 10.3 Å². The minimum atomic E-state index is -0.356. The highest BCUT2D eigenvalue weighted by Crippen LogP contribution is 2.20. The molecule has 0 bridgehead atoms. The molecule has 1 aromatic carbocycles. The summed E-state index contributed by atoms with van der Waals surface area (Å²) in [6.45, 7) is 0.216. The Balaban J connectivity index is 1.73. The lowest BCUT2D eigenvalue weighted by atomic mass is 10.2. The van der Waals surface area contributed by atoms with E-state index in [2.05, 4.69) is 25.5 Å². The van der Waals surface area contributed by atoms with E-state index >= 15 is 0 Å². The molecule has 3 rings (SSSR count). The van der Waals surface area contributed by atoms with Gasteiger partial charge in [0.05, 0.1) is 5.69 Å². The third-order valence-corrected chi connectivity index (χ3v) is 3.18. The van der Waals surface area contributed by atoms with Crippen molar-refractivity contribution in [3.05, 3.63) is 52.9 Å². The molecule has 102 valence electrons. The number of halogens is 2.